The fraction of sp³-hybridized carbons (Fsp3) is 0.731. The van der Waals surface area contributed by atoms with E-state index in [1.807, 2.05) is 0 Å². The van der Waals surface area contributed by atoms with Gasteiger partial charge in [0.2, 0.25) is 0 Å². The van der Waals surface area contributed by atoms with E-state index >= 15 is 0 Å². The standard InChI is InChI=1S/C26H45N5O.HI/c1-4-6-16-31-17-12-24(13-18-31)29-25(27-5-2)28-21-26(14-19-32-20-15-26)30-22(3)23-10-8-7-9-11-23;/h7-11,22,24,30H,4-6,12-21H2,1-3H3,(H2,27,28,29);1H. The molecule has 0 amide bonds. The van der Waals surface area contributed by atoms with Crippen LogP contribution in [0.5, 0.6) is 0 Å². The minimum absolute atomic E-state index is 0. The van der Waals surface area contributed by atoms with Crippen molar-refractivity contribution in [2.24, 2.45) is 4.99 Å². The van der Waals surface area contributed by atoms with Crippen molar-refractivity contribution in [3.05, 3.63) is 35.9 Å². The van der Waals surface area contributed by atoms with E-state index in [-0.39, 0.29) is 35.6 Å². The first-order chi connectivity index (χ1) is 15.6. The molecule has 188 valence electrons. The van der Waals surface area contributed by atoms with E-state index in [1.54, 1.807) is 0 Å². The Kier molecular flexibility index (Phi) is 13.0. The van der Waals surface area contributed by atoms with Gasteiger partial charge in [-0.05, 0) is 58.1 Å². The Labute approximate surface area is 218 Å². The molecule has 0 bridgehead atoms. The van der Waals surface area contributed by atoms with Crippen LogP contribution in [0.3, 0.4) is 0 Å². The fourth-order valence-corrected chi connectivity index (χ4v) is 4.82. The lowest BCUT2D eigenvalue weighted by Crippen LogP contribution is -2.54. The van der Waals surface area contributed by atoms with Crippen LogP contribution < -0.4 is 16.0 Å². The molecular formula is C26H46IN5O. The predicted octanol–water partition coefficient (Wildman–Crippen LogP) is 4.32. The summed E-state index contributed by atoms with van der Waals surface area (Å²) in [5, 5.41) is 11.1. The first kappa shape index (κ1) is 28.3. The molecule has 0 spiro atoms. The number of rotatable bonds is 10. The number of hydrogen-bond acceptors (Lipinski definition) is 4. The largest absolute Gasteiger partial charge is 0.381 e. The summed E-state index contributed by atoms with van der Waals surface area (Å²) in [4.78, 5) is 7.69. The molecule has 1 atom stereocenters. The van der Waals surface area contributed by atoms with Gasteiger partial charge in [0.1, 0.15) is 0 Å². The molecule has 0 aliphatic carbocycles. The van der Waals surface area contributed by atoms with E-state index < -0.39 is 0 Å². The minimum atomic E-state index is -0.0284. The van der Waals surface area contributed by atoms with Crippen LogP contribution in [0.1, 0.15) is 70.9 Å². The van der Waals surface area contributed by atoms with Crippen LogP contribution in [-0.2, 0) is 4.74 Å². The van der Waals surface area contributed by atoms with Gasteiger partial charge in [0.25, 0.3) is 0 Å². The van der Waals surface area contributed by atoms with Crippen molar-refractivity contribution in [1.29, 1.82) is 0 Å². The number of benzene rings is 1. The van der Waals surface area contributed by atoms with Crippen molar-refractivity contribution in [1.82, 2.24) is 20.9 Å². The minimum Gasteiger partial charge on any atom is -0.381 e. The summed E-state index contributed by atoms with van der Waals surface area (Å²) >= 11 is 0. The Morgan fingerprint density at radius 3 is 2.48 bits per heavy atom. The molecule has 1 aromatic rings. The van der Waals surface area contributed by atoms with E-state index in [4.69, 9.17) is 9.73 Å². The summed E-state index contributed by atoms with van der Waals surface area (Å²) in [6.07, 6.45) is 6.94. The summed E-state index contributed by atoms with van der Waals surface area (Å²) in [6, 6.07) is 11.5. The third-order valence-corrected chi connectivity index (χ3v) is 6.91. The molecule has 1 unspecified atom stereocenters. The number of hydrogen-bond donors (Lipinski definition) is 3. The first-order valence-electron chi connectivity index (χ1n) is 12.8. The summed E-state index contributed by atoms with van der Waals surface area (Å²) in [7, 11) is 0. The first-order valence-corrected chi connectivity index (χ1v) is 12.8. The lowest BCUT2D eigenvalue weighted by Gasteiger charge is -2.40. The topological polar surface area (TPSA) is 60.9 Å². The Hall–Kier alpha value is -0.900. The molecule has 33 heavy (non-hydrogen) atoms. The average molecular weight is 572 g/mol. The Balaban J connectivity index is 0.00000385. The van der Waals surface area contributed by atoms with Crippen molar-refractivity contribution in [2.75, 3.05) is 45.9 Å². The highest BCUT2D eigenvalue weighted by molar-refractivity contribution is 14.0. The van der Waals surface area contributed by atoms with Crippen molar-refractivity contribution in [2.45, 2.75) is 76.9 Å². The molecule has 2 aliphatic rings. The van der Waals surface area contributed by atoms with Gasteiger partial charge in [-0.25, -0.2) is 0 Å². The number of ether oxygens (including phenoxy) is 1. The molecule has 0 aromatic heterocycles. The molecule has 3 rings (SSSR count). The normalized spacial score (nSPS) is 20.6. The van der Waals surface area contributed by atoms with Gasteiger partial charge in [-0.3, -0.25) is 4.99 Å². The molecule has 2 fully saturated rings. The van der Waals surface area contributed by atoms with E-state index in [0.29, 0.717) is 6.04 Å². The lowest BCUT2D eigenvalue weighted by molar-refractivity contribution is 0.0374. The van der Waals surface area contributed by atoms with Crippen molar-refractivity contribution in [3.8, 4) is 0 Å². The van der Waals surface area contributed by atoms with Gasteiger partial charge in [-0.2, -0.15) is 0 Å². The maximum atomic E-state index is 5.70. The van der Waals surface area contributed by atoms with Crippen LogP contribution in [0, 0.1) is 0 Å². The van der Waals surface area contributed by atoms with Crippen LogP contribution in [0.4, 0.5) is 0 Å². The highest BCUT2D eigenvalue weighted by atomic mass is 127. The predicted molar refractivity (Wildman–Crippen MR) is 150 cm³/mol. The Morgan fingerprint density at radius 1 is 1.15 bits per heavy atom. The molecular weight excluding hydrogens is 525 g/mol. The zero-order chi connectivity index (χ0) is 22.7. The van der Waals surface area contributed by atoms with Crippen LogP contribution >= 0.6 is 24.0 Å². The van der Waals surface area contributed by atoms with Crippen LogP contribution in [0.2, 0.25) is 0 Å². The summed E-state index contributed by atoms with van der Waals surface area (Å²) in [5.74, 6) is 0.958. The number of piperidine rings is 1. The van der Waals surface area contributed by atoms with Gasteiger partial charge in [0.15, 0.2) is 5.96 Å². The third kappa shape index (κ3) is 9.34. The Morgan fingerprint density at radius 2 is 1.85 bits per heavy atom. The number of nitrogens with zero attached hydrogens (tertiary/aromatic N) is 2. The second-order valence-corrected chi connectivity index (χ2v) is 9.48. The van der Waals surface area contributed by atoms with E-state index in [1.165, 1.54) is 50.9 Å². The highest BCUT2D eigenvalue weighted by Crippen LogP contribution is 2.26. The molecule has 2 aliphatic heterocycles. The molecule has 7 heteroatoms. The maximum Gasteiger partial charge on any atom is 0.191 e. The molecule has 2 saturated heterocycles. The van der Waals surface area contributed by atoms with Crippen LogP contribution in [0.25, 0.3) is 0 Å². The third-order valence-electron chi connectivity index (χ3n) is 6.91. The quantitative estimate of drug-likeness (QED) is 0.222. The summed E-state index contributed by atoms with van der Waals surface area (Å²) < 4.78 is 5.70. The number of unbranched alkanes of at least 4 members (excludes halogenated alkanes) is 1. The lowest BCUT2D eigenvalue weighted by atomic mass is 9.88. The Bertz CT molecular complexity index is 673. The number of aliphatic imine (C=N–C) groups is 1. The fourth-order valence-electron chi connectivity index (χ4n) is 4.82. The number of nitrogens with one attached hydrogen (secondary N) is 3. The van der Waals surface area contributed by atoms with E-state index in [2.05, 4.69) is 72.0 Å². The molecule has 2 heterocycles. The molecule has 0 radical (unpaired) electrons. The van der Waals surface area contributed by atoms with Crippen molar-refractivity contribution >= 4 is 29.9 Å². The zero-order valence-electron chi connectivity index (χ0n) is 20.9. The van der Waals surface area contributed by atoms with Gasteiger partial charge in [-0.1, -0.05) is 43.7 Å². The van der Waals surface area contributed by atoms with Crippen LogP contribution in [-0.4, -0.2) is 68.4 Å². The summed E-state index contributed by atoms with van der Waals surface area (Å²) in [6.45, 7) is 13.5. The molecule has 3 N–H and O–H groups in total. The molecule has 1 aromatic carbocycles. The molecule has 0 saturated carbocycles. The number of likely N-dealkylation sites (tertiary alicyclic amines) is 1. The smallest absolute Gasteiger partial charge is 0.191 e. The molecule has 6 nitrogen and oxygen atoms in total. The van der Waals surface area contributed by atoms with E-state index in [9.17, 15) is 0 Å². The monoisotopic (exact) mass is 571 g/mol. The number of halogens is 1. The van der Waals surface area contributed by atoms with Gasteiger partial charge in [0.05, 0.1) is 6.54 Å². The van der Waals surface area contributed by atoms with Crippen molar-refractivity contribution in [3.63, 3.8) is 0 Å². The van der Waals surface area contributed by atoms with Gasteiger partial charge >= 0.3 is 0 Å². The second kappa shape index (κ2) is 15.2. The second-order valence-electron chi connectivity index (χ2n) is 9.48. The average Bonchev–Trinajstić information content (AvgIpc) is 2.83. The van der Waals surface area contributed by atoms with Gasteiger partial charge < -0.3 is 25.6 Å². The van der Waals surface area contributed by atoms with Gasteiger partial charge in [-0.15, -0.1) is 24.0 Å². The van der Waals surface area contributed by atoms with Gasteiger partial charge in [0, 0.05) is 50.5 Å². The van der Waals surface area contributed by atoms with Crippen LogP contribution in [0.15, 0.2) is 35.3 Å². The zero-order valence-corrected chi connectivity index (χ0v) is 23.3. The van der Waals surface area contributed by atoms with E-state index in [0.717, 1.165) is 45.1 Å². The summed E-state index contributed by atoms with van der Waals surface area (Å²) in [5.41, 5.74) is 1.29. The SMILES string of the molecule is CCCCN1CCC(NC(=NCC2(NC(C)c3ccccc3)CCOCC2)NCC)CC1.I. The number of guanidine groups is 1. The van der Waals surface area contributed by atoms with Crippen molar-refractivity contribution < 1.29 is 4.74 Å². The maximum absolute atomic E-state index is 5.70. The highest BCUT2D eigenvalue weighted by Gasteiger charge is 2.34.